The van der Waals surface area contributed by atoms with Gasteiger partial charge in [0.2, 0.25) is 10.8 Å². The third-order valence-corrected chi connectivity index (χ3v) is 4.11. The van der Waals surface area contributed by atoms with Crippen LogP contribution in [0.25, 0.3) is 27.5 Å². The van der Waals surface area contributed by atoms with Crippen molar-refractivity contribution in [2.45, 2.75) is 0 Å². The number of benzene rings is 3. The molecule has 0 saturated heterocycles. The molecule has 4 heteroatoms. The van der Waals surface area contributed by atoms with Gasteiger partial charge in [-0.05, 0) is 18.2 Å². The van der Waals surface area contributed by atoms with Gasteiger partial charge in [-0.1, -0.05) is 42.5 Å². The first kappa shape index (κ1) is 14.3. The predicted octanol–water partition coefficient (Wildman–Crippen LogP) is 3.39. The van der Waals surface area contributed by atoms with E-state index in [4.69, 9.17) is 9.15 Å². The molecule has 0 amide bonds. The van der Waals surface area contributed by atoms with Crippen molar-refractivity contribution in [1.82, 2.24) is 0 Å². The smallest absolute Gasteiger partial charge is 0.232 e. The molecule has 0 spiro atoms. The average molecular weight is 318 g/mol. The van der Waals surface area contributed by atoms with Gasteiger partial charge in [-0.15, -0.1) is 0 Å². The summed E-state index contributed by atoms with van der Waals surface area (Å²) in [5.74, 6) is 0.505. The molecule has 0 aliphatic heterocycles. The summed E-state index contributed by atoms with van der Waals surface area (Å²) in [6.07, 6.45) is 0. The van der Waals surface area contributed by atoms with Gasteiger partial charge < -0.3 is 14.3 Å². The van der Waals surface area contributed by atoms with Crippen LogP contribution in [0, 0.1) is 0 Å². The topological polar surface area (TPSA) is 59.7 Å². The number of hydrogen-bond acceptors (Lipinski definition) is 4. The van der Waals surface area contributed by atoms with Crippen LogP contribution in [-0.2, 0) is 0 Å². The zero-order valence-corrected chi connectivity index (χ0v) is 12.9. The fourth-order valence-electron chi connectivity index (χ4n) is 2.96. The van der Waals surface area contributed by atoms with E-state index >= 15 is 0 Å². The molecule has 4 aromatic rings. The van der Waals surface area contributed by atoms with Crippen LogP contribution in [0.1, 0.15) is 5.56 Å². The summed E-state index contributed by atoms with van der Waals surface area (Å²) in [7, 11) is 1.59. The van der Waals surface area contributed by atoms with Crippen molar-refractivity contribution >= 4 is 27.5 Å². The van der Waals surface area contributed by atoms with Gasteiger partial charge in [0.25, 0.3) is 0 Å². The first-order valence-electron chi connectivity index (χ1n) is 7.51. The lowest BCUT2D eigenvalue weighted by Crippen LogP contribution is -2.27. The third-order valence-electron chi connectivity index (χ3n) is 4.11. The van der Waals surface area contributed by atoms with Gasteiger partial charge in [0.15, 0.2) is 5.76 Å². The summed E-state index contributed by atoms with van der Waals surface area (Å²) in [6.45, 7) is 0. The van der Waals surface area contributed by atoms with E-state index in [9.17, 15) is 9.90 Å². The Morgan fingerprint density at radius 2 is 1.75 bits per heavy atom. The lowest BCUT2D eigenvalue weighted by atomic mass is 10.0. The number of hydrogen-bond donors (Lipinski definition) is 1. The minimum absolute atomic E-state index is 0.0635. The van der Waals surface area contributed by atoms with Crippen molar-refractivity contribution in [3.8, 4) is 5.75 Å². The molecule has 0 aliphatic carbocycles. The molecule has 0 radical (unpaired) electrons. The van der Waals surface area contributed by atoms with Crippen molar-refractivity contribution in [3.63, 3.8) is 0 Å². The first-order chi connectivity index (χ1) is 11.7. The molecule has 4 nitrogen and oxygen atoms in total. The number of aliphatic hydroxyl groups excluding tert-OH is 1. The summed E-state index contributed by atoms with van der Waals surface area (Å²) in [4.78, 5) is 12.8. The van der Waals surface area contributed by atoms with Gasteiger partial charge in [0, 0.05) is 21.7 Å². The quantitative estimate of drug-likeness (QED) is 0.615. The lowest BCUT2D eigenvalue weighted by Gasteiger charge is -2.09. The minimum atomic E-state index is -0.345. The number of aliphatic hydroxyl groups is 1. The summed E-state index contributed by atoms with van der Waals surface area (Å²) >= 11 is 0. The Kier molecular flexibility index (Phi) is 3.24. The highest BCUT2D eigenvalue weighted by molar-refractivity contribution is 6.10. The highest BCUT2D eigenvalue weighted by Gasteiger charge is 2.14. The molecule has 0 unspecified atom stereocenters. The zero-order chi connectivity index (χ0) is 16.7. The van der Waals surface area contributed by atoms with E-state index in [-0.39, 0.29) is 16.6 Å². The zero-order valence-electron chi connectivity index (χ0n) is 12.9. The van der Waals surface area contributed by atoms with Crippen molar-refractivity contribution in [2.75, 3.05) is 7.11 Å². The summed E-state index contributed by atoms with van der Waals surface area (Å²) < 4.78 is 11.1. The molecule has 1 aromatic heterocycles. The van der Waals surface area contributed by atoms with Crippen LogP contribution in [0.15, 0.2) is 69.9 Å². The van der Waals surface area contributed by atoms with Crippen LogP contribution >= 0.6 is 0 Å². The predicted molar refractivity (Wildman–Crippen MR) is 93.3 cm³/mol. The van der Waals surface area contributed by atoms with Gasteiger partial charge in [-0.2, -0.15) is 0 Å². The van der Waals surface area contributed by atoms with E-state index in [1.165, 1.54) is 0 Å². The van der Waals surface area contributed by atoms with Crippen LogP contribution in [-0.4, -0.2) is 12.2 Å². The SMILES string of the molecule is COc1ccc2c(=O)/c(=C(\O)c3ccccc3)oc3cccc1c32. The van der Waals surface area contributed by atoms with E-state index < -0.39 is 0 Å². The molecule has 4 rings (SSSR count). The van der Waals surface area contributed by atoms with Gasteiger partial charge in [0.1, 0.15) is 11.3 Å². The Labute approximate surface area is 137 Å². The molecule has 0 aliphatic rings. The second-order valence-electron chi connectivity index (χ2n) is 5.47. The van der Waals surface area contributed by atoms with E-state index in [1.54, 1.807) is 49.6 Å². The molecular formula is C20H14O4. The maximum absolute atomic E-state index is 12.8. The van der Waals surface area contributed by atoms with Crippen molar-refractivity contribution < 1.29 is 14.3 Å². The van der Waals surface area contributed by atoms with E-state index in [0.29, 0.717) is 27.7 Å². The van der Waals surface area contributed by atoms with Gasteiger partial charge >= 0.3 is 0 Å². The Balaban J connectivity index is 2.19. The van der Waals surface area contributed by atoms with Crippen LogP contribution in [0.2, 0.25) is 0 Å². The van der Waals surface area contributed by atoms with Crippen LogP contribution < -0.4 is 15.6 Å². The Morgan fingerprint density at radius 3 is 2.50 bits per heavy atom. The molecule has 1 N–H and O–H groups in total. The van der Waals surface area contributed by atoms with Crippen molar-refractivity contribution in [1.29, 1.82) is 0 Å². The first-order valence-corrected chi connectivity index (χ1v) is 7.51. The molecule has 24 heavy (non-hydrogen) atoms. The number of rotatable bonds is 2. The van der Waals surface area contributed by atoms with Crippen LogP contribution in [0.4, 0.5) is 0 Å². The van der Waals surface area contributed by atoms with Crippen LogP contribution in [0.3, 0.4) is 0 Å². The molecule has 0 fully saturated rings. The minimum Gasteiger partial charge on any atom is -0.504 e. The monoisotopic (exact) mass is 318 g/mol. The highest BCUT2D eigenvalue weighted by atomic mass is 16.5. The Bertz CT molecular complexity index is 1160. The maximum atomic E-state index is 12.8. The molecule has 118 valence electrons. The lowest BCUT2D eigenvalue weighted by molar-refractivity contribution is 0.420. The number of methoxy groups -OCH3 is 1. The van der Waals surface area contributed by atoms with Gasteiger partial charge in [0.05, 0.1) is 7.11 Å². The Morgan fingerprint density at radius 1 is 0.958 bits per heavy atom. The van der Waals surface area contributed by atoms with Gasteiger partial charge in [-0.25, -0.2) is 0 Å². The molecule has 3 aromatic carbocycles. The number of ether oxygens (including phenoxy) is 1. The largest absolute Gasteiger partial charge is 0.504 e. The highest BCUT2D eigenvalue weighted by Crippen LogP contribution is 2.31. The van der Waals surface area contributed by atoms with E-state index in [0.717, 1.165) is 5.39 Å². The molecule has 1 heterocycles. The maximum Gasteiger partial charge on any atom is 0.232 e. The second-order valence-corrected chi connectivity index (χ2v) is 5.47. The third kappa shape index (κ3) is 2.04. The van der Waals surface area contributed by atoms with E-state index in [2.05, 4.69) is 0 Å². The normalized spacial score (nSPS) is 12.5. The fraction of sp³-hybridized carbons (Fsp3) is 0.0500. The standard InChI is InChI=1S/C20H14O4/c1-23-15-11-10-14-17-13(15)8-5-9-16(17)24-20(19(14)22)18(21)12-6-3-2-4-7-12/h2-11,21H,1H3/b20-18+. The molecule has 0 saturated carbocycles. The second kappa shape index (κ2) is 5.42. The summed E-state index contributed by atoms with van der Waals surface area (Å²) in [6, 6.07) is 17.8. The van der Waals surface area contributed by atoms with Crippen LogP contribution in [0.5, 0.6) is 5.75 Å². The average Bonchev–Trinajstić information content (AvgIpc) is 2.64. The Hall–Kier alpha value is -3.27. The van der Waals surface area contributed by atoms with E-state index in [1.807, 2.05) is 18.2 Å². The summed E-state index contributed by atoms with van der Waals surface area (Å²) in [5.41, 5.74) is 0.651. The van der Waals surface area contributed by atoms with Gasteiger partial charge in [-0.3, -0.25) is 4.79 Å². The molecule has 0 bridgehead atoms. The summed E-state index contributed by atoms with van der Waals surface area (Å²) in [5, 5.41) is 12.5. The van der Waals surface area contributed by atoms with Crippen molar-refractivity contribution in [3.05, 3.63) is 81.9 Å². The molecule has 0 atom stereocenters. The molecular weight excluding hydrogens is 304 g/mol. The fourth-order valence-corrected chi connectivity index (χ4v) is 2.96. The van der Waals surface area contributed by atoms with Crippen molar-refractivity contribution in [2.24, 2.45) is 0 Å².